The molecule has 0 aliphatic heterocycles. The monoisotopic (exact) mass is 375 g/mol. The van der Waals surface area contributed by atoms with E-state index in [-0.39, 0.29) is 11.8 Å². The second-order valence-corrected chi connectivity index (χ2v) is 6.44. The molecule has 0 radical (unpaired) electrons. The van der Waals surface area contributed by atoms with Crippen LogP contribution in [0.25, 0.3) is 0 Å². The zero-order valence-electron chi connectivity index (χ0n) is 13.0. The average Bonchev–Trinajstić information content (AvgIpc) is 2.54. The second-order valence-electron chi connectivity index (χ2n) is 5.53. The number of pyridine rings is 1. The van der Waals surface area contributed by atoms with Crippen molar-refractivity contribution in [1.29, 1.82) is 0 Å². The van der Waals surface area contributed by atoms with Crippen molar-refractivity contribution in [3.63, 3.8) is 0 Å². The molecule has 1 heterocycles. The van der Waals surface area contributed by atoms with Crippen LogP contribution in [0.1, 0.15) is 34.6 Å². The van der Waals surface area contributed by atoms with E-state index in [1.807, 2.05) is 26.0 Å². The lowest BCUT2D eigenvalue weighted by Gasteiger charge is -2.09. The van der Waals surface area contributed by atoms with Crippen molar-refractivity contribution < 1.29 is 9.59 Å². The molecule has 0 spiro atoms. The average molecular weight is 376 g/mol. The highest BCUT2D eigenvalue weighted by atomic mass is 79.9. The van der Waals surface area contributed by atoms with Gasteiger partial charge in [0.25, 0.3) is 11.8 Å². The molecular weight excluding hydrogens is 358 g/mol. The van der Waals surface area contributed by atoms with Crippen LogP contribution in [0.15, 0.2) is 47.2 Å². The van der Waals surface area contributed by atoms with Gasteiger partial charge in [-0.05, 0) is 36.2 Å². The van der Waals surface area contributed by atoms with Gasteiger partial charge in [-0.3, -0.25) is 14.6 Å². The lowest BCUT2D eigenvalue weighted by atomic mass is 10.1. The summed E-state index contributed by atoms with van der Waals surface area (Å²) >= 11 is 3.34. The van der Waals surface area contributed by atoms with Gasteiger partial charge in [0.05, 0.1) is 11.1 Å². The van der Waals surface area contributed by atoms with Crippen molar-refractivity contribution in [3.05, 3.63) is 58.3 Å². The van der Waals surface area contributed by atoms with E-state index in [4.69, 9.17) is 0 Å². The zero-order chi connectivity index (χ0) is 16.8. The van der Waals surface area contributed by atoms with E-state index in [1.165, 1.54) is 18.5 Å². The van der Waals surface area contributed by atoms with Gasteiger partial charge in [0.1, 0.15) is 0 Å². The summed E-state index contributed by atoms with van der Waals surface area (Å²) < 4.78 is 0.931. The Kier molecular flexibility index (Phi) is 5.87. The first kappa shape index (κ1) is 17.1. The fourth-order valence-electron chi connectivity index (χ4n) is 1.82. The molecule has 120 valence electrons. The third-order valence-corrected chi connectivity index (χ3v) is 3.56. The summed E-state index contributed by atoms with van der Waals surface area (Å²) in [5.41, 5.74) is 1.38. The summed E-state index contributed by atoms with van der Waals surface area (Å²) in [4.78, 5) is 28.3. The normalized spacial score (nSPS) is 10.4. The Labute approximate surface area is 143 Å². The molecule has 0 unspecified atom stereocenters. The number of halogens is 1. The lowest BCUT2D eigenvalue weighted by Crippen LogP contribution is -2.27. The van der Waals surface area contributed by atoms with Crippen molar-refractivity contribution in [2.24, 2.45) is 5.92 Å². The first-order chi connectivity index (χ1) is 11.0. The van der Waals surface area contributed by atoms with Crippen molar-refractivity contribution >= 4 is 33.4 Å². The second kappa shape index (κ2) is 7.87. The van der Waals surface area contributed by atoms with E-state index in [0.717, 1.165) is 4.47 Å². The summed E-state index contributed by atoms with van der Waals surface area (Å²) in [6.07, 6.45) is 2.89. The molecule has 5 nitrogen and oxygen atoms in total. The van der Waals surface area contributed by atoms with Crippen LogP contribution in [0, 0.1) is 5.92 Å². The van der Waals surface area contributed by atoms with Gasteiger partial charge in [-0.15, -0.1) is 0 Å². The number of nitrogens with one attached hydrogen (secondary N) is 2. The van der Waals surface area contributed by atoms with E-state index in [2.05, 4.69) is 31.5 Å². The molecule has 0 bridgehead atoms. The van der Waals surface area contributed by atoms with Gasteiger partial charge in [0.2, 0.25) is 0 Å². The molecule has 2 rings (SSSR count). The molecule has 0 saturated heterocycles. The molecule has 0 saturated carbocycles. The number of hydrogen-bond acceptors (Lipinski definition) is 3. The minimum absolute atomic E-state index is 0.232. The third kappa shape index (κ3) is 5.17. The van der Waals surface area contributed by atoms with Gasteiger partial charge < -0.3 is 10.6 Å². The first-order valence-corrected chi connectivity index (χ1v) is 8.05. The van der Waals surface area contributed by atoms with Gasteiger partial charge in [0, 0.05) is 29.1 Å². The Balaban J connectivity index is 2.07. The summed E-state index contributed by atoms with van der Waals surface area (Å²) in [7, 11) is 0. The van der Waals surface area contributed by atoms with E-state index in [9.17, 15) is 9.59 Å². The molecule has 2 amide bonds. The number of carbonyl (C=O) groups is 2. The summed E-state index contributed by atoms with van der Waals surface area (Å²) in [6, 6.07) is 8.79. The predicted octanol–water partition coefficient (Wildman–Crippen LogP) is 3.48. The molecule has 1 aromatic heterocycles. The quantitative estimate of drug-likeness (QED) is 0.839. The fraction of sp³-hybridized carbons (Fsp3) is 0.235. The van der Waals surface area contributed by atoms with E-state index >= 15 is 0 Å². The van der Waals surface area contributed by atoms with Gasteiger partial charge in [-0.25, -0.2) is 0 Å². The number of hydrogen-bond donors (Lipinski definition) is 2. The Bertz CT molecular complexity index is 699. The smallest absolute Gasteiger partial charge is 0.257 e. The molecule has 1 aromatic carbocycles. The van der Waals surface area contributed by atoms with Gasteiger partial charge >= 0.3 is 0 Å². The summed E-state index contributed by atoms with van der Waals surface area (Å²) in [5.74, 6) is -0.182. The maximum absolute atomic E-state index is 12.2. The maximum Gasteiger partial charge on any atom is 0.257 e. The largest absolute Gasteiger partial charge is 0.352 e. The predicted molar refractivity (Wildman–Crippen MR) is 93.5 cm³/mol. The fourth-order valence-corrected chi connectivity index (χ4v) is 2.09. The number of carbonyl (C=O) groups excluding carboxylic acids is 2. The summed E-state index contributed by atoms with van der Waals surface area (Å²) in [6.45, 7) is 4.61. The highest BCUT2D eigenvalue weighted by Gasteiger charge is 2.12. The molecule has 2 N–H and O–H groups in total. The molecule has 6 heteroatoms. The molecule has 0 aliphatic rings. The van der Waals surface area contributed by atoms with E-state index < -0.39 is 0 Å². The zero-order valence-corrected chi connectivity index (χ0v) is 14.6. The minimum Gasteiger partial charge on any atom is -0.352 e. The Morgan fingerprint density at radius 3 is 2.30 bits per heavy atom. The van der Waals surface area contributed by atoms with Crippen molar-refractivity contribution in [3.8, 4) is 0 Å². The molecule has 0 aliphatic carbocycles. The number of nitrogens with zero attached hydrogens (tertiary/aromatic N) is 1. The Morgan fingerprint density at radius 1 is 1.09 bits per heavy atom. The van der Waals surface area contributed by atoms with Crippen LogP contribution in [-0.2, 0) is 0 Å². The topological polar surface area (TPSA) is 71.1 Å². The van der Waals surface area contributed by atoms with Crippen LogP contribution >= 0.6 is 15.9 Å². The van der Waals surface area contributed by atoms with Crippen molar-refractivity contribution in [1.82, 2.24) is 10.3 Å². The number of rotatable bonds is 5. The van der Waals surface area contributed by atoms with Gasteiger partial charge in [0.15, 0.2) is 0 Å². The first-order valence-electron chi connectivity index (χ1n) is 7.26. The molecule has 23 heavy (non-hydrogen) atoms. The van der Waals surface area contributed by atoms with Crippen molar-refractivity contribution in [2.45, 2.75) is 13.8 Å². The van der Waals surface area contributed by atoms with Crippen LogP contribution in [0.3, 0.4) is 0 Å². The summed E-state index contributed by atoms with van der Waals surface area (Å²) in [5, 5.41) is 5.57. The molecular formula is C17H18BrN3O2. The number of anilines is 1. The number of benzene rings is 1. The van der Waals surface area contributed by atoms with Crippen LogP contribution in [0.4, 0.5) is 5.69 Å². The Hall–Kier alpha value is -2.21. The molecule has 0 atom stereocenters. The van der Waals surface area contributed by atoms with E-state index in [1.54, 1.807) is 12.1 Å². The van der Waals surface area contributed by atoms with Gasteiger partial charge in [-0.1, -0.05) is 29.8 Å². The maximum atomic E-state index is 12.2. The molecule has 0 fully saturated rings. The SMILES string of the molecule is CC(C)CNC(=O)c1cncc(C(=O)Nc2ccc(Br)cc2)c1. The van der Waals surface area contributed by atoms with Crippen LogP contribution in [-0.4, -0.2) is 23.3 Å². The van der Waals surface area contributed by atoms with Crippen LogP contribution < -0.4 is 10.6 Å². The standard InChI is InChI=1S/C17H18BrN3O2/c1-11(2)8-20-16(22)12-7-13(10-19-9-12)17(23)21-15-5-3-14(18)4-6-15/h3-7,9-11H,8H2,1-2H3,(H,20,22)(H,21,23). The highest BCUT2D eigenvalue weighted by molar-refractivity contribution is 9.10. The number of aromatic nitrogens is 1. The van der Waals surface area contributed by atoms with E-state index in [0.29, 0.717) is 29.3 Å². The Morgan fingerprint density at radius 2 is 1.70 bits per heavy atom. The minimum atomic E-state index is -0.307. The highest BCUT2D eigenvalue weighted by Crippen LogP contribution is 2.15. The molecule has 2 aromatic rings. The lowest BCUT2D eigenvalue weighted by molar-refractivity contribution is 0.0948. The van der Waals surface area contributed by atoms with Crippen molar-refractivity contribution in [2.75, 3.05) is 11.9 Å². The number of amides is 2. The van der Waals surface area contributed by atoms with Gasteiger partial charge in [-0.2, -0.15) is 0 Å². The third-order valence-electron chi connectivity index (χ3n) is 3.04. The van der Waals surface area contributed by atoms with Crippen LogP contribution in [0.5, 0.6) is 0 Å². The van der Waals surface area contributed by atoms with Crippen LogP contribution in [0.2, 0.25) is 0 Å².